The molecule has 4 rings (SSSR count). The highest BCUT2D eigenvalue weighted by atomic mass is 19.1. The Labute approximate surface area is 157 Å². The lowest BCUT2D eigenvalue weighted by Crippen LogP contribution is -2.08. The van der Waals surface area contributed by atoms with E-state index in [4.69, 9.17) is 0 Å². The van der Waals surface area contributed by atoms with E-state index in [0.29, 0.717) is 35.8 Å². The summed E-state index contributed by atoms with van der Waals surface area (Å²) in [6.45, 7) is 1.17. The lowest BCUT2D eigenvalue weighted by Gasteiger charge is -2.12. The van der Waals surface area contributed by atoms with Gasteiger partial charge in [-0.05, 0) is 23.3 Å². The van der Waals surface area contributed by atoms with Crippen molar-refractivity contribution in [1.29, 1.82) is 0 Å². The summed E-state index contributed by atoms with van der Waals surface area (Å²) in [6.07, 6.45) is 0. The number of hydrogen-bond acceptors (Lipinski definition) is 4. The molecule has 1 aromatic heterocycles. The van der Waals surface area contributed by atoms with Crippen LogP contribution in [0.15, 0.2) is 78.9 Å². The highest BCUT2D eigenvalue weighted by Crippen LogP contribution is 2.25. The fourth-order valence-corrected chi connectivity index (χ4v) is 2.89. The molecule has 0 fully saturated rings. The van der Waals surface area contributed by atoms with Crippen LogP contribution in [-0.4, -0.2) is 9.97 Å². The van der Waals surface area contributed by atoms with Crippen molar-refractivity contribution in [2.24, 2.45) is 0 Å². The molecule has 0 unspecified atom stereocenters. The van der Waals surface area contributed by atoms with Gasteiger partial charge < -0.3 is 10.6 Å². The number of nitrogens with zero attached hydrogens (tertiary/aromatic N) is 2. The molecule has 0 radical (unpaired) electrons. The summed E-state index contributed by atoms with van der Waals surface area (Å²) in [6, 6.07) is 24.9. The molecule has 134 valence electrons. The average molecular weight is 358 g/mol. The number of halogens is 1. The molecule has 2 N–H and O–H groups in total. The monoisotopic (exact) mass is 358 g/mol. The Hall–Kier alpha value is -3.47. The van der Waals surface area contributed by atoms with Gasteiger partial charge in [0, 0.05) is 18.5 Å². The molecule has 0 amide bonds. The second kappa shape index (κ2) is 7.83. The molecule has 0 aliphatic heterocycles. The molecule has 0 saturated heterocycles. The highest BCUT2D eigenvalue weighted by molar-refractivity contribution is 5.90. The van der Waals surface area contributed by atoms with Crippen LogP contribution in [0.25, 0.3) is 10.9 Å². The van der Waals surface area contributed by atoms with Crippen LogP contribution in [0.5, 0.6) is 0 Å². The van der Waals surface area contributed by atoms with Gasteiger partial charge >= 0.3 is 0 Å². The van der Waals surface area contributed by atoms with Crippen molar-refractivity contribution in [1.82, 2.24) is 9.97 Å². The smallest absolute Gasteiger partial charge is 0.225 e. The van der Waals surface area contributed by atoms with Crippen molar-refractivity contribution in [2.75, 3.05) is 10.6 Å². The Morgan fingerprint density at radius 2 is 1.30 bits per heavy atom. The van der Waals surface area contributed by atoms with Crippen molar-refractivity contribution in [3.63, 3.8) is 0 Å². The Morgan fingerprint density at radius 1 is 0.667 bits per heavy atom. The van der Waals surface area contributed by atoms with Crippen molar-refractivity contribution in [2.45, 2.75) is 13.1 Å². The molecule has 1 heterocycles. The molecular weight excluding hydrogens is 339 g/mol. The second-order valence-electron chi connectivity index (χ2n) is 6.21. The van der Waals surface area contributed by atoms with Crippen LogP contribution < -0.4 is 10.6 Å². The number of para-hydroxylation sites is 1. The molecule has 3 aromatic carbocycles. The highest BCUT2D eigenvalue weighted by Gasteiger charge is 2.11. The van der Waals surface area contributed by atoms with Gasteiger partial charge in [0.25, 0.3) is 0 Å². The van der Waals surface area contributed by atoms with Crippen LogP contribution in [-0.2, 0) is 13.1 Å². The van der Waals surface area contributed by atoms with E-state index >= 15 is 0 Å². The van der Waals surface area contributed by atoms with Gasteiger partial charge in [0.15, 0.2) is 0 Å². The maximum Gasteiger partial charge on any atom is 0.225 e. The molecule has 4 nitrogen and oxygen atoms in total. The molecule has 0 spiro atoms. The molecule has 27 heavy (non-hydrogen) atoms. The van der Waals surface area contributed by atoms with Crippen LogP contribution in [0.2, 0.25) is 0 Å². The maximum atomic E-state index is 14.3. The number of fused-ring (bicyclic) bond motifs is 1. The van der Waals surface area contributed by atoms with Gasteiger partial charge in [-0.3, -0.25) is 0 Å². The Morgan fingerprint density at radius 3 is 1.96 bits per heavy atom. The van der Waals surface area contributed by atoms with Gasteiger partial charge in [-0.1, -0.05) is 66.7 Å². The third kappa shape index (κ3) is 4.03. The first-order chi connectivity index (χ1) is 13.3. The van der Waals surface area contributed by atoms with Gasteiger partial charge in [-0.2, -0.15) is 4.98 Å². The molecule has 0 bridgehead atoms. The molecule has 0 atom stereocenters. The lowest BCUT2D eigenvalue weighted by molar-refractivity contribution is 0.636. The zero-order chi connectivity index (χ0) is 18.5. The van der Waals surface area contributed by atoms with E-state index in [-0.39, 0.29) is 5.82 Å². The largest absolute Gasteiger partial charge is 0.365 e. The van der Waals surface area contributed by atoms with E-state index in [0.717, 1.165) is 11.1 Å². The van der Waals surface area contributed by atoms with Gasteiger partial charge in [0.2, 0.25) is 5.95 Å². The molecule has 0 aliphatic carbocycles. The van der Waals surface area contributed by atoms with Crippen LogP contribution in [0.1, 0.15) is 11.1 Å². The number of benzene rings is 3. The number of hydrogen-bond donors (Lipinski definition) is 2. The molecule has 0 saturated carbocycles. The normalized spacial score (nSPS) is 10.7. The summed E-state index contributed by atoms with van der Waals surface area (Å²) < 4.78 is 14.3. The minimum atomic E-state index is -0.361. The van der Waals surface area contributed by atoms with E-state index in [2.05, 4.69) is 20.6 Å². The van der Waals surface area contributed by atoms with Gasteiger partial charge in [-0.25, -0.2) is 9.37 Å². The quantitative estimate of drug-likeness (QED) is 0.510. The number of nitrogens with one attached hydrogen (secondary N) is 2. The number of aromatic nitrogens is 2. The van der Waals surface area contributed by atoms with Crippen LogP contribution in [0.3, 0.4) is 0 Å². The molecule has 0 aliphatic rings. The SMILES string of the molecule is Fc1cccc2c(NCc3ccccc3)nc(NCc3ccccc3)nc12. The Kier molecular flexibility index (Phi) is 4.92. The zero-order valence-electron chi connectivity index (χ0n) is 14.7. The molecular formula is C22H19FN4. The zero-order valence-corrected chi connectivity index (χ0v) is 14.7. The maximum absolute atomic E-state index is 14.3. The van der Waals surface area contributed by atoms with Crippen LogP contribution in [0.4, 0.5) is 16.2 Å². The fourth-order valence-electron chi connectivity index (χ4n) is 2.89. The minimum Gasteiger partial charge on any atom is -0.365 e. The predicted molar refractivity (Wildman–Crippen MR) is 107 cm³/mol. The molecule has 5 heteroatoms. The minimum absolute atomic E-state index is 0.304. The topological polar surface area (TPSA) is 49.8 Å². The van der Waals surface area contributed by atoms with E-state index in [1.54, 1.807) is 6.07 Å². The average Bonchev–Trinajstić information content (AvgIpc) is 2.73. The fraction of sp³-hybridized carbons (Fsp3) is 0.0909. The summed E-state index contributed by atoms with van der Waals surface area (Å²) in [5.41, 5.74) is 2.53. The molecule has 4 aromatic rings. The second-order valence-corrected chi connectivity index (χ2v) is 6.21. The van der Waals surface area contributed by atoms with Crippen LogP contribution >= 0.6 is 0 Å². The summed E-state index contributed by atoms with van der Waals surface area (Å²) in [4.78, 5) is 8.94. The summed E-state index contributed by atoms with van der Waals surface area (Å²) in [7, 11) is 0. The summed E-state index contributed by atoms with van der Waals surface area (Å²) in [5.74, 6) is 0.645. The predicted octanol–water partition coefficient (Wildman–Crippen LogP) is 4.99. The third-order valence-electron chi connectivity index (χ3n) is 4.27. The van der Waals surface area contributed by atoms with Crippen molar-refractivity contribution in [3.05, 3.63) is 95.8 Å². The van der Waals surface area contributed by atoms with Gasteiger partial charge in [-0.15, -0.1) is 0 Å². The van der Waals surface area contributed by atoms with E-state index in [1.807, 2.05) is 66.7 Å². The number of rotatable bonds is 6. The Bertz CT molecular complexity index is 1040. The van der Waals surface area contributed by atoms with E-state index < -0.39 is 0 Å². The summed E-state index contributed by atoms with van der Waals surface area (Å²) >= 11 is 0. The van der Waals surface area contributed by atoms with Crippen molar-refractivity contribution in [3.8, 4) is 0 Å². The standard InChI is InChI=1S/C22H19FN4/c23-19-13-7-12-18-20(19)26-22(25-15-17-10-5-2-6-11-17)27-21(18)24-14-16-8-3-1-4-9-16/h1-13H,14-15H2,(H2,24,25,26,27). The first-order valence-electron chi connectivity index (χ1n) is 8.81. The van der Waals surface area contributed by atoms with Gasteiger partial charge in [0.05, 0.1) is 0 Å². The van der Waals surface area contributed by atoms with E-state index in [9.17, 15) is 4.39 Å². The van der Waals surface area contributed by atoms with Crippen molar-refractivity contribution < 1.29 is 4.39 Å². The third-order valence-corrected chi connectivity index (χ3v) is 4.27. The number of anilines is 2. The van der Waals surface area contributed by atoms with E-state index in [1.165, 1.54) is 6.07 Å². The first kappa shape index (κ1) is 17.0. The van der Waals surface area contributed by atoms with Gasteiger partial charge in [0.1, 0.15) is 17.2 Å². The first-order valence-corrected chi connectivity index (χ1v) is 8.81. The van der Waals surface area contributed by atoms with Crippen LogP contribution in [0, 0.1) is 5.82 Å². The Balaban J connectivity index is 1.63. The summed E-state index contributed by atoms with van der Waals surface area (Å²) in [5, 5.41) is 7.17. The lowest BCUT2D eigenvalue weighted by atomic mass is 10.2. The van der Waals surface area contributed by atoms with Crippen molar-refractivity contribution >= 4 is 22.7 Å².